The largest absolute Gasteiger partial charge is 0.473 e. The summed E-state index contributed by atoms with van der Waals surface area (Å²) in [6, 6.07) is 5.37. The molecule has 0 saturated carbocycles. The summed E-state index contributed by atoms with van der Waals surface area (Å²) in [6.07, 6.45) is 7.44. The van der Waals surface area contributed by atoms with E-state index < -0.39 is 22.5 Å². The molecule has 0 amide bonds. The fourth-order valence-corrected chi connectivity index (χ4v) is 35.7. The zero-order chi connectivity index (χ0) is 16.2. The Hall–Kier alpha value is -0.829. The fraction of sp³-hybridized carbons (Fsp3) is 0.500. The first-order valence-corrected chi connectivity index (χ1v) is 18.5. The highest BCUT2D eigenvalue weighted by Crippen LogP contribution is 2.48. The molecule has 1 aliphatic rings. The molecule has 1 fully saturated rings. The molecule has 3 heterocycles. The minimum atomic E-state index is -1.78. The molecule has 1 aliphatic heterocycles. The van der Waals surface area contributed by atoms with Gasteiger partial charge in [0.05, 0.1) is 45.4 Å². The van der Waals surface area contributed by atoms with Crippen LogP contribution >= 0.6 is 0 Å². The zero-order valence-corrected chi connectivity index (χ0v) is 17.4. The van der Waals surface area contributed by atoms with Gasteiger partial charge in [0.25, 0.3) is 0 Å². The van der Waals surface area contributed by atoms with E-state index in [1.54, 1.807) is 6.26 Å². The van der Waals surface area contributed by atoms with Crippen LogP contribution in [-0.2, 0) is 10.0 Å². The van der Waals surface area contributed by atoms with Gasteiger partial charge < -0.3 is 13.3 Å². The van der Waals surface area contributed by atoms with Crippen molar-refractivity contribution in [3.05, 3.63) is 42.7 Å². The Morgan fingerprint density at radius 3 is 2.14 bits per heavy atom. The molecule has 2 unspecified atom stereocenters. The lowest BCUT2D eigenvalue weighted by molar-refractivity contribution is 0.0993. The molecule has 3 nitrogen and oxygen atoms in total. The van der Waals surface area contributed by atoms with Crippen molar-refractivity contribution in [1.29, 1.82) is 0 Å². The topological polar surface area (TPSA) is 35.5 Å². The average Bonchev–Trinajstić information content (AvgIpc) is 3.10. The highest BCUT2D eigenvalue weighted by molar-refractivity contribution is 7.70. The monoisotopic (exact) mass is 350 g/mol. The molecule has 0 aromatic carbocycles. The molecule has 1 saturated heterocycles. The van der Waals surface area contributed by atoms with E-state index in [1.165, 1.54) is 10.8 Å². The van der Waals surface area contributed by atoms with Crippen LogP contribution in [0.2, 0.25) is 38.8 Å². The predicted molar refractivity (Wildman–Crippen MR) is 96.9 cm³/mol. The molecule has 0 spiro atoms. The van der Waals surface area contributed by atoms with Gasteiger partial charge in [0.2, 0.25) is 0 Å². The normalized spacial score (nSPS) is 33.7. The van der Waals surface area contributed by atoms with Crippen molar-refractivity contribution in [2.75, 3.05) is 0 Å². The molecule has 0 radical (unpaired) electrons. The quantitative estimate of drug-likeness (QED) is 0.762. The Morgan fingerprint density at radius 2 is 1.59 bits per heavy atom. The first-order chi connectivity index (χ1) is 10.1. The molecule has 2 aromatic rings. The lowest BCUT2D eigenvalue weighted by Crippen LogP contribution is -2.82. The average molecular weight is 351 g/mol. The second kappa shape index (κ2) is 4.83. The fourth-order valence-electron chi connectivity index (χ4n) is 4.05. The lowest BCUT2D eigenvalue weighted by Gasteiger charge is -2.59. The molecule has 0 aliphatic carbocycles. The van der Waals surface area contributed by atoms with Crippen molar-refractivity contribution in [2.45, 2.75) is 51.3 Å². The van der Waals surface area contributed by atoms with E-state index in [9.17, 15) is 0 Å². The minimum Gasteiger partial charge on any atom is -0.473 e. The van der Waals surface area contributed by atoms with Gasteiger partial charge in [0.1, 0.15) is 0 Å². The van der Waals surface area contributed by atoms with Crippen LogP contribution in [0.25, 0.3) is 0 Å². The van der Waals surface area contributed by atoms with Gasteiger partial charge in [-0.2, -0.15) is 0 Å². The summed E-state index contributed by atoms with van der Waals surface area (Å²) in [6.45, 7) is 14.7. The summed E-state index contributed by atoms with van der Waals surface area (Å²) in [5, 5.41) is 1.46. The predicted octanol–water partition coefficient (Wildman–Crippen LogP) is 4.17. The summed E-state index contributed by atoms with van der Waals surface area (Å²) in [7, 11) is -4.97. The maximum atomic E-state index is 6.86. The molecule has 120 valence electrons. The van der Waals surface area contributed by atoms with Gasteiger partial charge in [0.15, 0.2) is 7.83 Å². The Kier molecular flexibility index (Phi) is 3.52. The van der Waals surface area contributed by atoms with E-state index in [-0.39, 0.29) is 5.60 Å². The summed E-state index contributed by atoms with van der Waals surface area (Å²) < 4.78 is 17.7. The van der Waals surface area contributed by atoms with Crippen molar-refractivity contribution < 1.29 is 13.3 Å². The molecular weight excluding hydrogens is 324 g/mol. The van der Waals surface area contributed by atoms with E-state index >= 15 is 0 Å². The number of rotatable bonds is 2. The Balaban J connectivity index is 2.15. The zero-order valence-electron chi connectivity index (χ0n) is 14.4. The van der Waals surface area contributed by atoms with Crippen molar-refractivity contribution in [3.8, 4) is 0 Å². The maximum Gasteiger partial charge on any atom is 0.172 e. The summed E-state index contributed by atoms with van der Waals surface area (Å²) >= 11 is 0. The third kappa shape index (κ3) is 2.08. The summed E-state index contributed by atoms with van der Waals surface area (Å²) in [4.78, 5) is 0. The van der Waals surface area contributed by atoms with Crippen LogP contribution in [-0.4, -0.2) is 22.5 Å². The summed E-state index contributed by atoms with van der Waals surface area (Å²) in [5.41, 5.74) is 0.948. The molecule has 2 atom stereocenters. The van der Waals surface area contributed by atoms with Crippen molar-refractivity contribution in [3.63, 3.8) is 0 Å². The SMILES string of the molecule is CC1(c2ccoc2)C[Si](C)(c2ccoc2)[Si](C)(C)[Si](C)(C)O1. The highest BCUT2D eigenvalue weighted by Gasteiger charge is 2.64. The molecule has 3 rings (SSSR count). The third-order valence-electron chi connectivity index (χ3n) is 6.35. The number of furan rings is 2. The molecule has 0 bridgehead atoms. The lowest BCUT2D eigenvalue weighted by atomic mass is 10.0. The van der Waals surface area contributed by atoms with Crippen LogP contribution in [0.3, 0.4) is 0 Å². The van der Waals surface area contributed by atoms with Crippen LogP contribution in [0, 0.1) is 0 Å². The summed E-state index contributed by atoms with van der Waals surface area (Å²) in [5.74, 6) is 0. The van der Waals surface area contributed by atoms with E-state index in [2.05, 4.69) is 51.8 Å². The minimum absolute atomic E-state index is 0.233. The van der Waals surface area contributed by atoms with Gasteiger partial charge in [-0.05, 0) is 43.4 Å². The molecule has 2 aromatic heterocycles. The van der Waals surface area contributed by atoms with E-state index in [0.29, 0.717) is 0 Å². The van der Waals surface area contributed by atoms with Gasteiger partial charge >= 0.3 is 0 Å². The number of hydrogen-bond donors (Lipinski definition) is 0. The molecule has 22 heavy (non-hydrogen) atoms. The van der Waals surface area contributed by atoms with Gasteiger partial charge in [-0.15, -0.1) is 0 Å². The first-order valence-electron chi connectivity index (χ1n) is 7.88. The molecule has 0 N–H and O–H groups in total. The Labute approximate surface area is 135 Å². The van der Waals surface area contributed by atoms with Crippen LogP contribution < -0.4 is 5.19 Å². The van der Waals surface area contributed by atoms with Crippen molar-refractivity contribution >= 4 is 27.7 Å². The van der Waals surface area contributed by atoms with Crippen LogP contribution in [0.15, 0.2) is 46.0 Å². The van der Waals surface area contributed by atoms with E-state index in [1.807, 2.05) is 18.8 Å². The van der Waals surface area contributed by atoms with Crippen LogP contribution in [0.5, 0.6) is 0 Å². The smallest absolute Gasteiger partial charge is 0.172 e. The first kappa shape index (κ1) is 16.0. The highest BCUT2D eigenvalue weighted by atomic mass is 29.6. The van der Waals surface area contributed by atoms with Gasteiger partial charge in [-0.3, -0.25) is 0 Å². The van der Waals surface area contributed by atoms with Crippen molar-refractivity contribution in [1.82, 2.24) is 0 Å². The Morgan fingerprint density at radius 1 is 0.955 bits per heavy atom. The Bertz CT molecular complexity index is 648. The van der Waals surface area contributed by atoms with E-state index in [0.717, 1.165) is 6.04 Å². The number of hydrogen-bond acceptors (Lipinski definition) is 3. The van der Waals surface area contributed by atoms with Crippen LogP contribution in [0.1, 0.15) is 12.5 Å². The molecular formula is C16H26O3Si3. The van der Waals surface area contributed by atoms with Crippen LogP contribution in [0.4, 0.5) is 0 Å². The van der Waals surface area contributed by atoms with Gasteiger partial charge in [-0.1, -0.05) is 19.6 Å². The van der Waals surface area contributed by atoms with Gasteiger partial charge in [0, 0.05) is 5.56 Å². The molecule has 6 heteroatoms. The van der Waals surface area contributed by atoms with Crippen molar-refractivity contribution in [2.24, 2.45) is 0 Å². The second-order valence-electron chi connectivity index (χ2n) is 8.00. The maximum absolute atomic E-state index is 6.86. The van der Waals surface area contributed by atoms with E-state index in [4.69, 9.17) is 13.3 Å². The third-order valence-corrected chi connectivity index (χ3v) is 45.4. The standard InChI is InChI=1S/C16H26O3Si3/c1-16(14-7-9-17-11-14)13-22(6,15-8-10-18-12-15)21(4,5)20(2,3)19-16/h7-12H,13H2,1-6H3. The second-order valence-corrected chi connectivity index (χ2v) is 34.0. The van der Waals surface area contributed by atoms with Gasteiger partial charge in [-0.25, -0.2) is 0 Å².